The van der Waals surface area contributed by atoms with Crippen LogP contribution in [0.25, 0.3) is 0 Å². The van der Waals surface area contributed by atoms with E-state index in [-0.39, 0.29) is 53.2 Å². The minimum atomic E-state index is -0.315. The van der Waals surface area contributed by atoms with Gasteiger partial charge >= 0.3 is 11.9 Å². The van der Waals surface area contributed by atoms with Gasteiger partial charge in [-0.15, -0.1) is 0 Å². The standard InChI is InChI=1S/C24H32O5/c1-16(26)28-15-19-18(14-25)10-11-20-23(2,3)21(12-13-24(19,20)4)29-22(27)17-8-6-5-7-9-17/h5-9,14,18-21H,10-13,15H2,1-4H3/t18-,19+,20+,21+,24-/m1/s1. The van der Waals surface area contributed by atoms with Crippen LogP contribution in [0.5, 0.6) is 0 Å². The molecular formula is C24H32O5. The Kier molecular flexibility index (Phi) is 6.16. The molecular weight excluding hydrogens is 368 g/mol. The first kappa shape index (κ1) is 21.5. The first-order valence-electron chi connectivity index (χ1n) is 10.5. The molecule has 2 saturated carbocycles. The van der Waals surface area contributed by atoms with E-state index in [1.54, 1.807) is 12.1 Å². The predicted molar refractivity (Wildman–Crippen MR) is 109 cm³/mol. The molecule has 0 aromatic heterocycles. The topological polar surface area (TPSA) is 69.7 Å². The van der Waals surface area contributed by atoms with Crippen LogP contribution in [0.3, 0.4) is 0 Å². The second-order valence-corrected chi connectivity index (χ2v) is 9.46. The third kappa shape index (κ3) is 4.10. The van der Waals surface area contributed by atoms with Gasteiger partial charge in [0.25, 0.3) is 0 Å². The molecule has 5 nitrogen and oxygen atoms in total. The van der Waals surface area contributed by atoms with Crippen LogP contribution in [-0.4, -0.2) is 30.9 Å². The first-order chi connectivity index (χ1) is 13.7. The molecule has 0 radical (unpaired) electrons. The Morgan fingerprint density at radius 1 is 1.10 bits per heavy atom. The third-order valence-electron chi connectivity index (χ3n) is 7.52. The smallest absolute Gasteiger partial charge is 0.338 e. The maximum atomic E-state index is 12.7. The molecule has 2 aliphatic rings. The summed E-state index contributed by atoms with van der Waals surface area (Å²) in [5.41, 5.74) is 0.187. The van der Waals surface area contributed by atoms with Crippen molar-refractivity contribution >= 4 is 18.2 Å². The second-order valence-electron chi connectivity index (χ2n) is 9.46. The zero-order valence-electron chi connectivity index (χ0n) is 17.9. The Labute approximate surface area is 173 Å². The van der Waals surface area contributed by atoms with Gasteiger partial charge in [-0.3, -0.25) is 4.79 Å². The van der Waals surface area contributed by atoms with Crippen LogP contribution in [0.15, 0.2) is 30.3 Å². The predicted octanol–water partition coefficient (Wildman–Crippen LogP) is 4.44. The fourth-order valence-electron chi connectivity index (χ4n) is 5.92. The molecule has 5 atom stereocenters. The molecule has 0 saturated heterocycles. The van der Waals surface area contributed by atoms with E-state index in [1.807, 2.05) is 18.2 Å². The molecule has 0 N–H and O–H groups in total. The lowest BCUT2D eigenvalue weighted by molar-refractivity contribution is -0.172. The number of benzene rings is 1. The van der Waals surface area contributed by atoms with Crippen molar-refractivity contribution in [3.05, 3.63) is 35.9 Å². The zero-order chi connectivity index (χ0) is 21.2. The molecule has 0 aliphatic heterocycles. The Bertz CT molecular complexity index is 756. The van der Waals surface area contributed by atoms with Crippen molar-refractivity contribution in [1.29, 1.82) is 0 Å². The van der Waals surface area contributed by atoms with Crippen LogP contribution >= 0.6 is 0 Å². The van der Waals surface area contributed by atoms with Crippen molar-refractivity contribution in [3.63, 3.8) is 0 Å². The van der Waals surface area contributed by atoms with Gasteiger partial charge in [0.05, 0.1) is 12.2 Å². The van der Waals surface area contributed by atoms with Gasteiger partial charge in [0, 0.05) is 24.2 Å². The Hall–Kier alpha value is -2.17. The number of aldehydes is 1. The Morgan fingerprint density at radius 3 is 2.41 bits per heavy atom. The van der Waals surface area contributed by atoms with E-state index >= 15 is 0 Å². The maximum Gasteiger partial charge on any atom is 0.338 e. The highest BCUT2D eigenvalue weighted by molar-refractivity contribution is 5.89. The molecule has 2 aliphatic carbocycles. The van der Waals surface area contributed by atoms with E-state index in [9.17, 15) is 14.4 Å². The summed E-state index contributed by atoms with van der Waals surface area (Å²) in [6.07, 6.45) is 4.10. The number of hydrogen-bond donors (Lipinski definition) is 0. The first-order valence-corrected chi connectivity index (χ1v) is 10.5. The molecule has 0 amide bonds. The van der Waals surface area contributed by atoms with Crippen molar-refractivity contribution < 1.29 is 23.9 Å². The maximum absolute atomic E-state index is 12.7. The van der Waals surface area contributed by atoms with Crippen molar-refractivity contribution in [2.75, 3.05) is 6.61 Å². The molecule has 0 bridgehead atoms. The summed E-state index contributed by atoms with van der Waals surface area (Å²) in [4.78, 5) is 35.8. The van der Waals surface area contributed by atoms with Gasteiger partial charge in [0.15, 0.2) is 0 Å². The number of hydrogen-bond acceptors (Lipinski definition) is 5. The molecule has 1 aromatic carbocycles. The van der Waals surface area contributed by atoms with Crippen LogP contribution in [0.1, 0.15) is 63.7 Å². The van der Waals surface area contributed by atoms with E-state index in [4.69, 9.17) is 9.47 Å². The fourth-order valence-corrected chi connectivity index (χ4v) is 5.92. The number of esters is 2. The van der Waals surface area contributed by atoms with Crippen LogP contribution in [0, 0.1) is 28.6 Å². The minimum absolute atomic E-state index is 0.00676. The van der Waals surface area contributed by atoms with E-state index in [1.165, 1.54) is 6.92 Å². The average Bonchev–Trinajstić information content (AvgIpc) is 2.69. The minimum Gasteiger partial charge on any atom is -0.466 e. The van der Waals surface area contributed by atoms with Gasteiger partial charge in [-0.2, -0.15) is 0 Å². The molecule has 2 fully saturated rings. The van der Waals surface area contributed by atoms with Crippen LogP contribution in [0.2, 0.25) is 0 Å². The summed E-state index contributed by atoms with van der Waals surface area (Å²) in [5.74, 6) is -0.438. The fraction of sp³-hybridized carbons (Fsp3) is 0.625. The summed E-state index contributed by atoms with van der Waals surface area (Å²) in [6, 6.07) is 9.08. The molecule has 29 heavy (non-hydrogen) atoms. The van der Waals surface area contributed by atoms with E-state index in [0.717, 1.165) is 32.0 Å². The van der Waals surface area contributed by atoms with Crippen molar-refractivity contribution in [1.82, 2.24) is 0 Å². The summed E-state index contributed by atoms with van der Waals surface area (Å²) in [5, 5.41) is 0. The quantitative estimate of drug-likeness (QED) is 0.540. The number of carbonyl (C=O) groups is 3. The summed E-state index contributed by atoms with van der Waals surface area (Å²) in [6.45, 7) is 8.24. The number of rotatable bonds is 5. The SMILES string of the molecule is CC(=O)OC[C@H]1[C@@H](C=O)CC[C@H]2C(C)(C)[C@@H](OC(=O)c3ccccc3)CC[C@]12C. The number of fused-ring (bicyclic) bond motifs is 1. The van der Waals surface area contributed by atoms with Gasteiger partial charge < -0.3 is 14.3 Å². The van der Waals surface area contributed by atoms with Crippen molar-refractivity contribution in [3.8, 4) is 0 Å². The van der Waals surface area contributed by atoms with Crippen LogP contribution in [0.4, 0.5) is 0 Å². The molecule has 3 rings (SSSR count). The highest BCUT2D eigenvalue weighted by Crippen LogP contribution is 2.61. The normalized spacial score (nSPS) is 33.2. The van der Waals surface area contributed by atoms with Gasteiger partial charge in [-0.25, -0.2) is 4.79 Å². The molecule has 158 valence electrons. The lowest BCUT2D eigenvalue weighted by Gasteiger charge is -2.60. The molecule has 1 aromatic rings. The second kappa shape index (κ2) is 8.29. The highest BCUT2D eigenvalue weighted by Gasteiger charge is 2.58. The van der Waals surface area contributed by atoms with Crippen LogP contribution in [-0.2, 0) is 19.1 Å². The molecule has 0 heterocycles. The van der Waals surface area contributed by atoms with Crippen molar-refractivity contribution in [2.24, 2.45) is 28.6 Å². The lowest BCUT2D eigenvalue weighted by atomic mass is 9.46. The van der Waals surface area contributed by atoms with E-state index in [2.05, 4.69) is 20.8 Å². The average molecular weight is 401 g/mol. The zero-order valence-corrected chi connectivity index (χ0v) is 17.9. The van der Waals surface area contributed by atoms with Crippen molar-refractivity contribution in [2.45, 2.75) is 59.5 Å². The lowest BCUT2D eigenvalue weighted by Crippen LogP contribution is -2.58. The largest absolute Gasteiger partial charge is 0.466 e. The van der Waals surface area contributed by atoms with E-state index in [0.29, 0.717) is 5.56 Å². The molecule has 5 heteroatoms. The highest BCUT2D eigenvalue weighted by atomic mass is 16.5. The number of carbonyl (C=O) groups excluding carboxylic acids is 3. The number of ether oxygens (including phenoxy) is 2. The van der Waals surface area contributed by atoms with Gasteiger partial charge in [-0.05, 0) is 49.1 Å². The van der Waals surface area contributed by atoms with Crippen LogP contribution < -0.4 is 0 Å². The Balaban J connectivity index is 1.81. The van der Waals surface area contributed by atoms with Gasteiger partial charge in [0.1, 0.15) is 12.4 Å². The third-order valence-corrected chi connectivity index (χ3v) is 7.52. The monoisotopic (exact) mass is 400 g/mol. The summed E-state index contributed by atoms with van der Waals surface area (Å²) in [7, 11) is 0. The Morgan fingerprint density at radius 2 is 1.79 bits per heavy atom. The molecule has 0 unspecified atom stereocenters. The van der Waals surface area contributed by atoms with Gasteiger partial charge in [-0.1, -0.05) is 39.0 Å². The molecule has 0 spiro atoms. The van der Waals surface area contributed by atoms with E-state index < -0.39 is 0 Å². The van der Waals surface area contributed by atoms with Gasteiger partial charge in [0.2, 0.25) is 0 Å². The summed E-state index contributed by atoms with van der Waals surface area (Å²) >= 11 is 0. The summed E-state index contributed by atoms with van der Waals surface area (Å²) < 4.78 is 11.3.